The highest BCUT2D eigenvalue weighted by Crippen LogP contribution is 2.29. The van der Waals surface area contributed by atoms with Gasteiger partial charge in [-0.25, -0.2) is 0 Å². The van der Waals surface area contributed by atoms with Gasteiger partial charge in [0.1, 0.15) is 6.61 Å². The van der Waals surface area contributed by atoms with Crippen LogP contribution >= 0.6 is 0 Å². The molecule has 0 aromatic heterocycles. The molecule has 1 fully saturated rings. The van der Waals surface area contributed by atoms with Crippen molar-refractivity contribution in [1.82, 2.24) is 0 Å². The lowest BCUT2D eigenvalue weighted by atomic mass is 9.82. The fourth-order valence-corrected chi connectivity index (χ4v) is 3.65. The maximum absolute atomic E-state index is 12.0. The molecule has 0 heterocycles. The van der Waals surface area contributed by atoms with Gasteiger partial charge in [0.05, 0.1) is 17.9 Å². The van der Waals surface area contributed by atoms with Crippen molar-refractivity contribution < 1.29 is 24.5 Å². The number of hydrogen-bond acceptors (Lipinski definition) is 4. The standard InChI is InChI=1S/C21H38O5/c1-2-3-4-5-6-7-8-9-10-11-19(22)16-26-21(25)18-14-12-17(13-15-18)20(23)24/h17-19,22H,2-16H2,1H3,(H,23,24). The molecule has 0 spiro atoms. The maximum atomic E-state index is 12.0. The van der Waals surface area contributed by atoms with E-state index < -0.39 is 12.1 Å². The van der Waals surface area contributed by atoms with Gasteiger partial charge in [-0.3, -0.25) is 9.59 Å². The van der Waals surface area contributed by atoms with Crippen LogP contribution in [0.5, 0.6) is 0 Å². The largest absolute Gasteiger partial charge is 0.481 e. The molecule has 1 rings (SSSR count). The Balaban J connectivity index is 1.98. The van der Waals surface area contributed by atoms with E-state index in [9.17, 15) is 14.7 Å². The Kier molecular flexibility index (Phi) is 12.4. The molecule has 0 aromatic carbocycles. The lowest BCUT2D eigenvalue weighted by molar-refractivity contribution is -0.155. The summed E-state index contributed by atoms with van der Waals surface area (Å²) < 4.78 is 5.24. The van der Waals surface area contributed by atoms with Crippen LogP contribution in [0.15, 0.2) is 0 Å². The Hall–Kier alpha value is -1.10. The summed E-state index contributed by atoms with van der Waals surface area (Å²) in [6.07, 6.45) is 13.5. The van der Waals surface area contributed by atoms with Crippen molar-refractivity contribution in [3.63, 3.8) is 0 Å². The Morgan fingerprint density at radius 1 is 0.885 bits per heavy atom. The molecule has 0 saturated heterocycles. The number of esters is 1. The summed E-state index contributed by atoms with van der Waals surface area (Å²) in [5.41, 5.74) is 0. The molecule has 0 amide bonds. The van der Waals surface area contributed by atoms with Gasteiger partial charge < -0.3 is 14.9 Å². The van der Waals surface area contributed by atoms with Gasteiger partial charge in [0, 0.05) is 0 Å². The molecule has 26 heavy (non-hydrogen) atoms. The quantitative estimate of drug-likeness (QED) is 0.342. The first-order valence-corrected chi connectivity index (χ1v) is 10.6. The van der Waals surface area contributed by atoms with Gasteiger partial charge in [0.15, 0.2) is 0 Å². The number of rotatable bonds is 14. The fraction of sp³-hybridized carbons (Fsp3) is 0.905. The van der Waals surface area contributed by atoms with Crippen LogP contribution in [-0.2, 0) is 14.3 Å². The average Bonchev–Trinajstić information content (AvgIpc) is 2.64. The van der Waals surface area contributed by atoms with Crippen LogP contribution in [0, 0.1) is 11.8 Å². The van der Waals surface area contributed by atoms with Gasteiger partial charge in [-0.05, 0) is 32.1 Å². The zero-order valence-corrected chi connectivity index (χ0v) is 16.5. The van der Waals surface area contributed by atoms with Gasteiger partial charge in [0.25, 0.3) is 0 Å². The number of carboxylic acids is 1. The zero-order valence-electron chi connectivity index (χ0n) is 16.5. The maximum Gasteiger partial charge on any atom is 0.309 e. The van der Waals surface area contributed by atoms with Crippen LogP contribution in [0.4, 0.5) is 0 Å². The van der Waals surface area contributed by atoms with Crippen LogP contribution in [0.25, 0.3) is 0 Å². The second-order valence-electron chi connectivity index (χ2n) is 7.79. The summed E-state index contributed by atoms with van der Waals surface area (Å²) >= 11 is 0. The molecule has 5 nitrogen and oxygen atoms in total. The van der Waals surface area contributed by atoms with E-state index in [1.54, 1.807) is 0 Å². The van der Waals surface area contributed by atoms with E-state index >= 15 is 0 Å². The SMILES string of the molecule is CCCCCCCCCCCC(O)COC(=O)C1CCC(C(=O)O)CC1. The number of aliphatic hydroxyl groups is 1. The molecule has 1 atom stereocenters. The van der Waals surface area contributed by atoms with E-state index in [1.165, 1.54) is 44.9 Å². The van der Waals surface area contributed by atoms with Crippen molar-refractivity contribution in [2.24, 2.45) is 11.8 Å². The number of carbonyl (C=O) groups excluding carboxylic acids is 1. The molecule has 1 aliphatic carbocycles. The van der Waals surface area contributed by atoms with Gasteiger partial charge >= 0.3 is 11.9 Å². The summed E-state index contributed by atoms with van der Waals surface area (Å²) in [6.45, 7) is 2.29. The minimum absolute atomic E-state index is 0.0642. The second-order valence-corrected chi connectivity index (χ2v) is 7.79. The van der Waals surface area contributed by atoms with E-state index in [2.05, 4.69) is 6.92 Å². The van der Waals surface area contributed by atoms with Crippen molar-refractivity contribution in [3.8, 4) is 0 Å². The number of ether oxygens (including phenoxy) is 1. The third kappa shape index (κ3) is 10.1. The second kappa shape index (κ2) is 14.0. The summed E-state index contributed by atoms with van der Waals surface area (Å²) in [7, 11) is 0. The normalized spacial score (nSPS) is 21.3. The van der Waals surface area contributed by atoms with Crippen LogP contribution < -0.4 is 0 Å². The number of carboxylic acid groups (broad SMARTS) is 1. The van der Waals surface area contributed by atoms with Crippen LogP contribution in [0.1, 0.15) is 96.8 Å². The number of hydrogen-bond donors (Lipinski definition) is 2. The number of unbranched alkanes of at least 4 members (excludes halogenated alkanes) is 8. The van der Waals surface area contributed by atoms with Crippen LogP contribution in [-0.4, -0.2) is 34.9 Å². The molecule has 0 bridgehead atoms. The number of carbonyl (C=O) groups is 2. The van der Waals surface area contributed by atoms with Crippen LogP contribution in [0.2, 0.25) is 0 Å². The first kappa shape index (κ1) is 22.9. The third-order valence-corrected chi connectivity index (χ3v) is 5.47. The minimum atomic E-state index is -0.770. The topological polar surface area (TPSA) is 83.8 Å². The molecule has 1 saturated carbocycles. The molecule has 2 N–H and O–H groups in total. The first-order valence-electron chi connectivity index (χ1n) is 10.6. The molecular formula is C21H38O5. The van der Waals surface area contributed by atoms with E-state index in [0.717, 1.165) is 12.8 Å². The van der Waals surface area contributed by atoms with Gasteiger partial charge in [-0.15, -0.1) is 0 Å². The highest BCUT2D eigenvalue weighted by molar-refractivity contribution is 5.74. The third-order valence-electron chi connectivity index (χ3n) is 5.47. The lowest BCUT2D eigenvalue weighted by Gasteiger charge is -2.25. The van der Waals surface area contributed by atoms with Crippen molar-refractivity contribution in [2.75, 3.05) is 6.61 Å². The summed E-state index contributed by atoms with van der Waals surface area (Å²) in [6, 6.07) is 0. The van der Waals surface area contributed by atoms with E-state index in [0.29, 0.717) is 32.1 Å². The van der Waals surface area contributed by atoms with E-state index in [-0.39, 0.29) is 24.4 Å². The summed E-state index contributed by atoms with van der Waals surface area (Å²) in [4.78, 5) is 22.9. The number of aliphatic hydroxyl groups excluding tert-OH is 1. The molecule has 1 unspecified atom stereocenters. The molecule has 1 aliphatic rings. The summed E-state index contributed by atoms with van der Waals surface area (Å²) in [5.74, 6) is -1.57. The van der Waals surface area contributed by atoms with Gasteiger partial charge in [-0.2, -0.15) is 0 Å². The molecule has 0 radical (unpaired) electrons. The average molecular weight is 371 g/mol. The Morgan fingerprint density at radius 3 is 1.92 bits per heavy atom. The number of aliphatic carboxylic acids is 1. The van der Waals surface area contributed by atoms with Crippen molar-refractivity contribution in [2.45, 2.75) is 103 Å². The fourth-order valence-electron chi connectivity index (χ4n) is 3.65. The molecule has 0 aromatic rings. The predicted molar refractivity (Wildman–Crippen MR) is 102 cm³/mol. The van der Waals surface area contributed by atoms with Crippen molar-refractivity contribution >= 4 is 11.9 Å². The Labute approximate surface area is 158 Å². The lowest BCUT2D eigenvalue weighted by Crippen LogP contribution is -2.29. The predicted octanol–water partition coefficient (Wildman–Crippen LogP) is 4.70. The monoisotopic (exact) mass is 370 g/mol. The molecule has 152 valence electrons. The summed E-state index contributed by atoms with van der Waals surface area (Å²) in [5, 5.41) is 18.9. The van der Waals surface area contributed by atoms with Crippen LogP contribution in [0.3, 0.4) is 0 Å². The zero-order chi connectivity index (χ0) is 19.2. The highest BCUT2D eigenvalue weighted by atomic mass is 16.5. The van der Waals surface area contributed by atoms with E-state index in [4.69, 9.17) is 9.84 Å². The molecule has 0 aliphatic heterocycles. The van der Waals surface area contributed by atoms with Gasteiger partial charge in [-0.1, -0.05) is 64.7 Å². The smallest absolute Gasteiger partial charge is 0.309 e. The highest BCUT2D eigenvalue weighted by Gasteiger charge is 2.30. The Morgan fingerprint density at radius 2 is 1.38 bits per heavy atom. The minimum Gasteiger partial charge on any atom is -0.481 e. The van der Waals surface area contributed by atoms with Crippen molar-refractivity contribution in [1.29, 1.82) is 0 Å². The van der Waals surface area contributed by atoms with E-state index in [1.807, 2.05) is 0 Å². The Bertz CT molecular complexity index is 388. The van der Waals surface area contributed by atoms with Gasteiger partial charge in [0.2, 0.25) is 0 Å². The first-order chi connectivity index (χ1) is 12.5. The molecular weight excluding hydrogens is 332 g/mol. The van der Waals surface area contributed by atoms with Crippen molar-refractivity contribution in [3.05, 3.63) is 0 Å². The molecule has 5 heteroatoms.